The zero-order valence-electron chi connectivity index (χ0n) is 9.15. The fraction of sp³-hybridized carbons (Fsp3) is 0.167. The fourth-order valence-electron chi connectivity index (χ4n) is 1.24. The summed E-state index contributed by atoms with van der Waals surface area (Å²) in [7, 11) is 1.59. The Labute approximate surface area is 94.1 Å². The van der Waals surface area contributed by atoms with Gasteiger partial charge in [0.05, 0.1) is 7.11 Å². The molecule has 0 fully saturated rings. The Balaban J connectivity index is 2.95. The summed E-state index contributed by atoms with van der Waals surface area (Å²) in [6.07, 6.45) is 1.87. The van der Waals surface area contributed by atoms with Crippen molar-refractivity contribution in [2.24, 2.45) is 0 Å². The lowest BCUT2D eigenvalue weighted by Crippen LogP contribution is -1.96. The number of nitrogens with zero attached hydrogens (tertiary/aromatic N) is 1. The van der Waals surface area contributed by atoms with E-state index in [1.54, 1.807) is 13.2 Å². The quantitative estimate of drug-likeness (QED) is 0.475. The molecule has 1 aromatic carbocycles. The number of benzene rings is 1. The Morgan fingerprint density at radius 1 is 1.56 bits per heavy atom. The minimum Gasteiger partial charge on any atom is -0.496 e. The highest BCUT2D eigenvalue weighted by atomic mass is 16.5. The van der Waals surface area contributed by atoms with E-state index >= 15 is 0 Å². The third-order valence-electron chi connectivity index (χ3n) is 2.14. The predicted molar refractivity (Wildman–Crippen MR) is 61.1 cm³/mol. The van der Waals surface area contributed by atoms with Gasteiger partial charge in [0.1, 0.15) is 17.4 Å². The number of anilines is 1. The third-order valence-corrected chi connectivity index (χ3v) is 2.14. The Hall–Kier alpha value is -2.28. The molecule has 1 aromatic rings. The molecule has 0 spiro atoms. The van der Waals surface area contributed by atoms with Crippen LogP contribution in [0.5, 0.6) is 5.75 Å². The van der Waals surface area contributed by atoms with Crippen LogP contribution in [0.3, 0.4) is 0 Å². The molecule has 1 rings (SSSR count). The van der Waals surface area contributed by atoms with Crippen molar-refractivity contribution >= 4 is 12.0 Å². The normalized spacial score (nSPS) is 10.4. The number of hydrogen-bond donors (Lipinski definition) is 1. The van der Waals surface area contributed by atoms with Crippen molar-refractivity contribution in [1.82, 2.24) is 0 Å². The van der Waals surface area contributed by atoms with Crippen LogP contribution in [0.15, 0.2) is 30.0 Å². The van der Waals surface area contributed by atoms with Crippen molar-refractivity contribution in [2.45, 2.75) is 6.92 Å². The SMILES string of the molecule is COc1cccc(N/C=C(/C#N)C=O)c1C. The average molecular weight is 216 g/mol. The van der Waals surface area contributed by atoms with Crippen molar-refractivity contribution in [3.05, 3.63) is 35.5 Å². The van der Waals surface area contributed by atoms with Crippen molar-refractivity contribution in [3.63, 3.8) is 0 Å². The number of nitriles is 1. The topological polar surface area (TPSA) is 62.1 Å². The van der Waals surface area contributed by atoms with Crippen LogP contribution < -0.4 is 10.1 Å². The Kier molecular flexibility index (Phi) is 4.10. The summed E-state index contributed by atoms with van der Waals surface area (Å²) in [5.74, 6) is 0.753. The molecule has 0 unspecified atom stereocenters. The minimum absolute atomic E-state index is 0.0437. The highest BCUT2D eigenvalue weighted by molar-refractivity contribution is 5.79. The van der Waals surface area contributed by atoms with E-state index in [0.717, 1.165) is 17.0 Å². The summed E-state index contributed by atoms with van der Waals surface area (Å²) >= 11 is 0. The molecule has 0 aliphatic heterocycles. The minimum atomic E-state index is 0.0437. The molecule has 16 heavy (non-hydrogen) atoms. The van der Waals surface area contributed by atoms with E-state index in [1.165, 1.54) is 6.20 Å². The predicted octanol–water partition coefficient (Wildman–Crippen LogP) is 2.02. The molecular weight excluding hydrogens is 204 g/mol. The number of nitrogens with one attached hydrogen (secondary N) is 1. The van der Waals surface area contributed by atoms with Crippen LogP contribution >= 0.6 is 0 Å². The molecule has 1 N–H and O–H groups in total. The molecule has 0 amide bonds. The highest BCUT2D eigenvalue weighted by Gasteiger charge is 2.02. The second kappa shape index (κ2) is 5.56. The van der Waals surface area contributed by atoms with Crippen molar-refractivity contribution < 1.29 is 9.53 Å². The molecule has 0 aliphatic carbocycles. The number of methoxy groups -OCH3 is 1. The Morgan fingerprint density at radius 2 is 2.31 bits per heavy atom. The number of aldehydes is 1. The largest absolute Gasteiger partial charge is 0.496 e. The van der Waals surface area contributed by atoms with E-state index in [4.69, 9.17) is 10.00 Å². The maximum Gasteiger partial charge on any atom is 0.162 e. The number of rotatable bonds is 4. The van der Waals surface area contributed by atoms with Gasteiger partial charge in [0, 0.05) is 17.5 Å². The number of allylic oxidation sites excluding steroid dienone is 1. The van der Waals surface area contributed by atoms with Gasteiger partial charge in [0.15, 0.2) is 6.29 Å². The van der Waals surface area contributed by atoms with E-state index < -0.39 is 0 Å². The lowest BCUT2D eigenvalue weighted by molar-refractivity contribution is -0.104. The average Bonchev–Trinajstić information content (AvgIpc) is 2.32. The monoisotopic (exact) mass is 216 g/mol. The molecule has 0 aromatic heterocycles. The zero-order valence-corrected chi connectivity index (χ0v) is 9.15. The molecule has 4 heteroatoms. The molecule has 0 heterocycles. The van der Waals surface area contributed by atoms with Crippen LogP contribution in [-0.2, 0) is 4.79 Å². The van der Waals surface area contributed by atoms with Crippen molar-refractivity contribution in [2.75, 3.05) is 12.4 Å². The van der Waals surface area contributed by atoms with Crippen LogP contribution in [0, 0.1) is 18.3 Å². The molecule has 0 saturated heterocycles. The first-order valence-electron chi connectivity index (χ1n) is 4.68. The first-order chi connectivity index (χ1) is 7.72. The van der Waals surface area contributed by atoms with Gasteiger partial charge in [-0.3, -0.25) is 4.79 Å². The van der Waals surface area contributed by atoms with Crippen molar-refractivity contribution in [1.29, 1.82) is 5.26 Å². The van der Waals surface area contributed by atoms with Gasteiger partial charge in [-0.25, -0.2) is 0 Å². The highest BCUT2D eigenvalue weighted by Crippen LogP contribution is 2.24. The molecule has 82 valence electrons. The lowest BCUT2D eigenvalue weighted by atomic mass is 10.2. The van der Waals surface area contributed by atoms with Gasteiger partial charge < -0.3 is 10.1 Å². The summed E-state index contributed by atoms with van der Waals surface area (Å²) in [5, 5.41) is 11.5. The summed E-state index contributed by atoms with van der Waals surface area (Å²) < 4.78 is 5.15. The van der Waals surface area contributed by atoms with Gasteiger partial charge >= 0.3 is 0 Å². The van der Waals surface area contributed by atoms with E-state index in [2.05, 4.69) is 5.32 Å². The fourth-order valence-corrected chi connectivity index (χ4v) is 1.24. The van der Waals surface area contributed by atoms with Crippen LogP contribution in [0.1, 0.15) is 5.56 Å². The molecule has 4 nitrogen and oxygen atoms in total. The van der Waals surface area contributed by atoms with Gasteiger partial charge in [0.2, 0.25) is 0 Å². The number of carbonyl (C=O) groups excluding carboxylic acids is 1. The van der Waals surface area contributed by atoms with E-state index in [0.29, 0.717) is 6.29 Å². The van der Waals surface area contributed by atoms with Gasteiger partial charge in [-0.2, -0.15) is 5.26 Å². The first-order valence-corrected chi connectivity index (χ1v) is 4.68. The first kappa shape index (κ1) is 11.8. The van der Waals surface area contributed by atoms with Crippen molar-refractivity contribution in [3.8, 4) is 11.8 Å². The Bertz CT molecular complexity index is 459. The number of carbonyl (C=O) groups is 1. The second-order valence-corrected chi connectivity index (χ2v) is 3.11. The maximum absolute atomic E-state index is 10.4. The molecule has 0 aliphatic rings. The van der Waals surface area contributed by atoms with E-state index in [1.807, 2.05) is 25.1 Å². The summed E-state index contributed by atoms with van der Waals surface area (Å²) in [5.41, 5.74) is 1.76. The van der Waals surface area contributed by atoms with Gasteiger partial charge in [-0.05, 0) is 19.1 Å². The smallest absolute Gasteiger partial charge is 0.162 e. The number of hydrogen-bond acceptors (Lipinski definition) is 4. The molecule has 0 saturated carbocycles. The second-order valence-electron chi connectivity index (χ2n) is 3.11. The van der Waals surface area contributed by atoms with Crippen LogP contribution in [0.25, 0.3) is 0 Å². The summed E-state index contributed by atoms with van der Waals surface area (Å²) in [4.78, 5) is 10.4. The Morgan fingerprint density at radius 3 is 2.88 bits per heavy atom. The van der Waals surface area contributed by atoms with Gasteiger partial charge in [0.25, 0.3) is 0 Å². The lowest BCUT2D eigenvalue weighted by Gasteiger charge is -2.09. The van der Waals surface area contributed by atoms with E-state index in [-0.39, 0.29) is 5.57 Å². The van der Waals surface area contributed by atoms with Crippen LogP contribution in [0.4, 0.5) is 5.69 Å². The molecular formula is C12H12N2O2. The van der Waals surface area contributed by atoms with Crippen LogP contribution in [0.2, 0.25) is 0 Å². The van der Waals surface area contributed by atoms with Gasteiger partial charge in [-0.1, -0.05) is 6.07 Å². The van der Waals surface area contributed by atoms with Crippen LogP contribution in [-0.4, -0.2) is 13.4 Å². The molecule has 0 atom stereocenters. The number of ether oxygens (including phenoxy) is 1. The van der Waals surface area contributed by atoms with Gasteiger partial charge in [-0.15, -0.1) is 0 Å². The molecule has 0 bridgehead atoms. The molecule has 0 radical (unpaired) electrons. The third kappa shape index (κ3) is 2.61. The van der Waals surface area contributed by atoms with E-state index in [9.17, 15) is 4.79 Å². The standard InChI is InChI=1S/C12H12N2O2/c1-9-11(4-3-5-12(9)16-2)14-7-10(6-13)8-15/h3-5,7-8,14H,1-2H3/b10-7-. The summed E-state index contributed by atoms with van der Waals surface area (Å²) in [6, 6.07) is 7.28. The maximum atomic E-state index is 10.4. The summed E-state index contributed by atoms with van der Waals surface area (Å²) in [6.45, 7) is 1.89. The zero-order chi connectivity index (χ0) is 12.0.